The van der Waals surface area contributed by atoms with Crippen molar-refractivity contribution in [3.05, 3.63) is 206 Å². The Morgan fingerprint density at radius 3 is 1.80 bits per heavy atom. The molecule has 5 nitrogen and oxygen atoms in total. The summed E-state index contributed by atoms with van der Waals surface area (Å²) in [6.45, 7) is 0. The van der Waals surface area contributed by atoms with E-state index in [1.165, 1.54) is 5.39 Å². The second-order valence-corrected chi connectivity index (χ2v) is 15.2. The van der Waals surface area contributed by atoms with Crippen LogP contribution in [-0.4, -0.2) is 19.5 Å². The Labute approximate surface area is 345 Å². The molecule has 0 aliphatic heterocycles. The lowest BCUT2D eigenvalue weighted by molar-refractivity contribution is 0.669. The molecule has 0 aliphatic carbocycles. The number of nitrogens with zero attached hydrogens (tertiary/aromatic N) is 4. The number of fused-ring (bicyclic) bond motifs is 7. The Bertz CT molecular complexity index is 3610. The smallest absolute Gasteiger partial charge is 0.166 e. The highest BCUT2D eigenvalue weighted by Crippen LogP contribution is 2.41. The highest BCUT2D eigenvalue weighted by atomic mass is 16.3. The first-order valence-corrected chi connectivity index (χ1v) is 20.2. The molecule has 0 atom stereocenters. The van der Waals surface area contributed by atoms with E-state index in [9.17, 15) is 0 Å². The second kappa shape index (κ2) is 13.8. The van der Waals surface area contributed by atoms with Gasteiger partial charge < -0.3 is 8.98 Å². The SMILES string of the molecule is c1ccc(-c2ccccc2-c2nc(-c3cc(-c4ccc5oc6ccccc6c5c4)c4ccccc4c3)nc(-c3cccc4c5ccccc5n(-c5ccccc5)c34)n2)cc1. The zero-order chi connectivity index (χ0) is 39.6. The summed E-state index contributed by atoms with van der Waals surface area (Å²) >= 11 is 0. The van der Waals surface area contributed by atoms with Crippen LogP contribution in [0.2, 0.25) is 0 Å². The third kappa shape index (κ3) is 5.52. The second-order valence-electron chi connectivity index (χ2n) is 15.2. The highest BCUT2D eigenvalue weighted by molar-refractivity contribution is 6.13. The Kier molecular flexibility index (Phi) is 7.78. The lowest BCUT2D eigenvalue weighted by atomic mass is 9.94. The van der Waals surface area contributed by atoms with Crippen LogP contribution in [0.3, 0.4) is 0 Å². The maximum atomic E-state index is 6.23. The van der Waals surface area contributed by atoms with Gasteiger partial charge in [-0.3, -0.25) is 0 Å². The van der Waals surface area contributed by atoms with E-state index >= 15 is 0 Å². The predicted molar refractivity (Wildman–Crippen MR) is 246 cm³/mol. The normalized spacial score (nSPS) is 11.7. The van der Waals surface area contributed by atoms with E-state index in [4.69, 9.17) is 19.4 Å². The van der Waals surface area contributed by atoms with Crippen LogP contribution in [0, 0.1) is 0 Å². The van der Waals surface area contributed by atoms with Crippen molar-refractivity contribution in [1.29, 1.82) is 0 Å². The monoisotopic (exact) mass is 766 g/mol. The third-order valence-electron chi connectivity index (χ3n) is 11.6. The molecule has 12 rings (SSSR count). The highest BCUT2D eigenvalue weighted by Gasteiger charge is 2.22. The minimum Gasteiger partial charge on any atom is -0.456 e. The van der Waals surface area contributed by atoms with Gasteiger partial charge in [0, 0.05) is 43.9 Å². The number of hydrogen-bond donors (Lipinski definition) is 0. The molecular formula is C55H34N4O. The average molecular weight is 767 g/mol. The zero-order valence-electron chi connectivity index (χ0n) is 32.3. The number of aromatic nitrogens is 4. The van der Waals surface area contributed by atoms with Gasteiger partial charge in [-0.1, -0.05) is 152 Å². The molecule has 9 aromatic carbocycles. The molecule has 0 spiro atoms. The van der Waals surface area contributed by atoms with Gasteiger partial charge >= 0.3 is 0 Å². The third-order valence-corrected chi connectivity index (χ3v) is 11.6. The van der Waals surface area contributed by atoms with Crippen LogP contribution in [0.4, 0.5) is 0 Å². The first-order valence-electron chi connectivity index (χ1n) is 20.2. The van der Waals surface area contributed by atoms with Crippen LogP contribution in [0.25, 0.3) is 117 Å². The molecule has 3 heterocycles. The Hall–Kier alpha value is -8.15. The Morgan fingerprint density at radius 2 is 0.950 bits per heavy atom. The van der Waals surface area contributed by atoms with Gasteiger partial charge in [-0.15, -0.1) is 0 Å². The van der Waals surface area contributed by atoms with Gasteiger partial charge in [0.1, 0.15) is 11.2 Å². The van der Waals surface area contributed by atoms with Gasteiger partial charge in [0.25, 0.3) is 0 Å². The van der Waals surface area contributed by atoms with Gasteiger partial charge in [-0.25, -0.2) is 15.0 Å². The minimum absolute atomic E-state index is 0.596. The standard InChI is InChI=1S/C55H34N4O/c1-3-16-35(17-4-1)40-21-9-10-25-45(40)54-56-53(57-55(58-54)46-27-15-26-44-42-23-11-13-28-49(42)59(52(44)46)39-19-5-2-6-20-39)38-32-36-18-7-8-22-41(36)47(34-38)37-30-31-51-48(33-37)43-24-12-14-29-50(43)60-51/h1-34H. The molecule has 0 aliphatic rings. The van der Waals surface area contributed by atoms with Gasteiger partial charge in [-0.05, 0) is 87.6 Å². The molecule has 0 saturated carbocycles. The fourth-order valence-corrected chi connectivity index (χ4v) is 8.91. The Balaban J connectivity index is 1.14. The predicted octanol–water partition coefficient (Wildman–Crippen LogP) is 14.4. The van der Waals surface area contributed by atoms with Crippen LogP contribution in [-0.2, 0) is 0 Å². The maximum Gasteiger partial charge on any atom is 0.166 e. The van der Waals surface area contributed by atoms with Crippen LogP contribution in [0.5, 0.6) is 0 Å². The number of benzene rings is 9. The summed E-state index contributed by atoms with van der Waals surface area (Å²) < 4.78 is 8.57. The van der Waals surface area contributed by atoms with E-state index in [2.05, 4.69) is 193 Å². The molecule has 12 aromatic rings. The zero-order valence-corrected chi connectivity index (χ0v) is 32.3. The molecular weight excluding hydrogens is 733 g/mol. The number of hydrogen-bond acceptors (Lipinski definition) is 4. The topological polar surface area (TPSA) is 56.7 Å². The summed E-state index contributed by atoms with van der Waals surface area (Å²) in [5.74, 6) is 1.80. The first kappa shape index (κ1) is 33.9. The van der Waals surface area contributed by atoms with Crippen molar-refractivity contribution in [3.63, 3.8) is 0 Å². The summed E-state index contributed by atoms with van der Waals surface area (Å²) in [4.78, 5) is 16.2. The van der Waals surface area contributed by atoms with Crippen molar-refractivity contribution in [1.82, 2.24) is 19.5 Å². The lowest BCUT2D eigenvalue weighted by Gasteiger charge is -2.15. The number of rotatable bonds is 6. The van der Waals surface area contributed by atoms with Gasteiger partial charge in [0.2, 0.25) is 0 Å². The maximum absolute atomic E-state index is 6.23. The number of furan rings is 1. The van der Waals surface area contributed by atoms with Gasteiger partial charge in [0.05, 0.1) is 11.0 Å². The molecule has 0 bridgehead atoms. The molecule has 0 unspecified atom stereocenters. The van der Waals surface area contributed by atoms with Crippen LogP contribution < -0.4 is 0 Å². The molecule has 0 fully saturated rings. The largest absolute Gasteiger partial charge is 0.456 e. The molecule has 5 heteroatoms. The van der Waals surface area contributed by atoms with E-state index in [1.807, 2.05) is 18.2 Å². The fraction of sp³-hybridized carbons (Fsp3) is 0. The van der Waals surface area contributed by atoms with Crippen LogP contribution in [0.1, 0.15) is 0 Å². The lowest BCUT2D eigenvalue weighted by Crippen LogP contribution is -2.03. The molecule has 0 radical (unpaired) electrons. The molecule has 60 heavy (non-hydrogen) atoms. The van der Waals surface area contributed by atoms with E-state index in [0.29, 0.717) is 17.5 Å². The van der Waals surface area contributed by atoms with Crippen molar-refractivity contribution >= 4 is 54.5 Å². The summed E-state index contributed by atoms with van der Waals surface area (Å²) in [5, 5.41) is 6.73. The van der Waals surface area contributed by atoms with Crippen molar-refractivity contribution in [2.75, 3.05) is 0 Å². The molecule has 0 saturated heterocycles. The average Bonchev–Trinajstić information content (AvgIpc) is 3.87. The Morgan fingerprint density at radius 1 is 0.333 bits per heavy atom. The molecule has 0 N–H and O–H groups in total. The van der Waals surface area contributed by atoms with E-state index in [-0.39, 0.29) is 0 Å². The number of para-hydroxylation sites is 4. The van der Waals surface area contributed by atoms with Crippen LogP contribution in [0.15, 0.2) is 211 Å². The molecule has 0 amide bonds. The van der Waals surface area contributed by atoms with Crippen molar-refractivity contribution in [2.24, 2.45) is 0 Å². The molecule has 280 valence electrons. The summed E-state index contributed by atoms with van der Waals surface area (Å²) in [6.07, 6.45) is 0. The van der Waals surface area contributed by atoms with Crippen LogP contribution >= 0.6 is 0 Å². The first-order chi connectivity index (χ1) is 29.7. The van der Waals surface area contributed by atoms with E-state index in [0.717, 1.165) is 93.8 Å². The minimum atomic E-state index is 0.596. The van der Waals surface area contributed by atoms with E-state index < -0.39 is 0 Å². The van der Waals surface area contributed by atoms with Crippen molar-refractivity contribution in [3.8, 4) is 62.1 Å². The van der Waals surface area contributed by atoms with Gasteiger partial charge in [0.15, 0.2) is 17.5 Å². The summed E-state index contributed by atoms with van der Waals surface area (Å²) in [6, 6.07) is 72.1. The van der Waals surface area contributed by atoms with Crippen molar-refractivity contribution < 1.29 is 4.42 Å². The quantitative estimate of drug-likeness (QED) is 0.169. The fourth-order valence-electron chi connectivity index (χ4n) is 8.91. The summed E-state index contributed by atoms with van der Waals surface area (Å²) in [5.41, 5.74) is 12.1. The van der Waals surface area contributed by atoms with Crippen molar-refractivity contribution in [2.45, 2.75) is 0 Å². The summed E-state index contributed by atoms with van der Waals surface area (Å²) in [7, 11) is 0. The van der Waals surface area contributed by atoms with E-state index in [1.54, 1.807) is 0 Å². The van der Waals surface area contributed by atoms with Gasteiger partial charge in [-0.2, -0.15) is 0 Å². The molecule has 3 aromatic heterocycles.